The second kappa shape index (κ2) is 12.1. The number of allylic oxidation sites excluding steroid dienone is 5. The number of anilines is 2. The maximum Gasteiger partial charge on any atom is 0.135 e. The first-order valence-electron chi connectivity index (χ1n) is 16.9. The van der Waals surface area contributed by atoms with Crippen molar-refractivity contribution in [2.24, 2.45) is 0 Å². The van der Waals surface area contributed by atoms with Crippen molar-refractivity contribution in [3.8, 4) is 22.3 Å². The topological polar surface area (TPSA) is 25.2 Å². The number of aryl methyl sites for hydroxylation is 1. The Morgan fingerprint density at radius 3 is 2.12 bits per heavy atom. The Bertz CT molecular complexity index is 2380. The van der Waals surface area contributed by atoms with Crippen LogP contribution in [0.4, 0.5) is 11.4 Å². The van der Waals surface area contributed by atoms with Gasteiger partial charge in [0.2, 0.25) is 0 Å². The summed E-state index contributed by atoms with van der Waals surface area (Å²) in [5.41, 5.74) is 13.2. The van der Waals surface area contributed by atoms with Crippen LogP contribution in [0.15, 0.2) is 162 Å². The molecule has 2 heteroatoms. The average molecular weight is 618 g/mol. The highest BCUT2D eigenvalue weighted by atomic mass is 16.3. The lowest BCUT2D eigenvalue weighted by Gasteiger charge is -2.18. The first kappa shape index (κ1) is 28.4. The zero-order valence-electron chi connectivity index (χ0n) is 26.7. The summed E-state index contributed by atoms with van der Waals surface area (Å²) >= 11 is 0. The van der Waals surface area contributed by atoms with E-state index < -0.39 is 0 Å². The Labute approximate surface area is 281 Å². The van der Waals surface area contributed by atoms with Gasteiger partial charge < -0.3 is 9.73 Å². The number of nitrogens with one attached hydrogen (secondary N) is 1. The van der Waals surface area contributed by atoms with E-state index in [0.717, 1.165) is 42.0 Å². The van der Waals surface area contributed by atoms with Gasteiger partial charge in [0.25, 0.3) is 0 Å². The molecule has 2 aliphatic carbocycles. The van der Waals surface area contributed by atoms with Crippen LogP contribution in [0, 0.1) is 0 Å². The lowest BCUT2D eigenvalue weighted by atomic mass is 9.87. The molecule has 7 aromatic rings. The number of hydrogen-bond donors (Lipinski definition) is 1. The molecule has 1 unspecified atom stereocenters. The maximum atomic E-state index is 6.24. The Balaban J connectivity index is 0.909. The summed E-state index contributed by atoms with van der Waals surface area (Å²) in [5, 5.41) is 7.45. The smallest absolute Gasteiger partial charge is 0.135 e. The van der Waals surface area contributed by atoms with Crippen LogP contribution in [-0.2, 0) is 6.42 Å². The molecule has 0 amide bonds. The van der Waals surface area contributed by atoms with E-state index in [4.69, 9.17) is 4.42 Å². The molecule has 2 nitrogen and oxygen atoms in total. The number of benzene rings is 6. The largest absolute Gasteiger partial charge is 0.456 e. The van der Waals surface area contributed by atoms with E-state index in [-0.39, 0.29) is 0 Å². The van der Waals surface area contributed by atoms with E-state index in [1.54, 1.807) is 0 Å². The second-order valence-electron chi connectivity index (χ2n) is 12.9. The van der Waals surface area contributed by atoms with E-state index in [0.29, 0.717) is 5.92 Å². The molecule has 6 aromatic carbocycles. The van der Waals surface area contributed by atoms with Crippen molar-refractivity contribution in [1.82, 2.24) is 0 Å². The van der Waals surface area contributed by atoms with Crippen molar-refractivity contribution in [2.75, 3.05) is 5.32 Å². The molecule has 230 valence electrons. The minimum absolute atomic E-state index is 0.413. The van der Waals surface area contributed by atoms with Gasteiger partial charge in [-0.3, -0.25) is 0 Å². The molecule has 0 aliphatic heterocycles. The highest BCUT2D eigenvalue weighted by molar-refractivity contribution is 6.02. The predicted octanol–water partition coefficient (Wildman–Crippen LogP) is 12.8. The SMILES string of the molecule is C1=Cc2oc3cccc(-c4ccccc4-c4ccc(Nc5ccc(C6=CCC(c7ccc8ccccc8c7)C=C6)cc5)cc4)c3c2CC1. The summed E-state index contributed by atoms with van der Waals surface area (Å²) < 4.78 is 6.24. The predicted molar refractivity (Wildman–Crippen MR) is 203 cm³/mol. The van der Waals surface area contributed by atoms with E-state index in [1.807, 2.05) is 0 Å². The van der Waals surface area contributed by atoms with Gasteiger partial charge >= 0.3 is 0 Å². The van der Waals surface area contributed by atoms with E-state index >= 15 is 0 Å². The van der Waals surface area contributed by atoms with Gasteiger partial charge in [0, 0.05) is 28.2 Å². The molecule has 0 saturated carbocycles. The monoisotopic (exact) mass is 617 g/mol. The molecule has 9 rings (SSSR count). The molecule has 0 fully saturated rings. The van der Waals surface area contributed by atoms with Crippen molar-refractivity contribution in [3.63, 3.8) is 0 Å². The number of fused-ring (bicyclic) bond motifs is 4. The lowest BCUT2D eigenvalue weighted by Crippen LogP contribution is -1.99. The molecule has 0 radical (unpaired) electrons. The third kappa shape index (κ3) is 5.26. The van der Waals surface area contributed by atoms with Gasteiger partial charge in [0.05, 0.1) is 0 Å². The van der Waals surface area contributed by atoms with Crippen LogP contribution in [0.25, 0.3) is 55.6 Å². The molecule has 1 atom stereocenters. The van der Waals surface area contributed by atoms with Gasteiger partial charge in [-0.25, -0.2) is 0 Å². The molecule has 48 heavy (non-hydrogen) atoms. The standard InChI is InChI=1S/C46H35NO/c1-2-9-36-30-37(21-20-31(36)8-1)34-18-16-32(17-19-34)33-22-26-38(27-23-33)47-39-28-24-35(25-29-39)40-10-3-4-11-41(40)42-13-7-15-45-46(42)43-12-5-6-14-44(43)48-45/h1-4,6-11,13-18,20-30,34,47H,5,12,19H2. The number of rotatable bonds is 6. The third-order valence-electron chi connectivity index (χ3n) is 9.90. The molecule has 1 heterocycles. The van der Waals surface area contributed by atoms with E-state index in [2.05, 4.69) is 169 Å². The van der Waals surface area contributed by atoms with Crippen LogP contribution < -0.4 is 5.32 Å². The van der Waals surface area contributed by atoms with Crippen LogP contribution in [0.1, 0.15) is 41.2 Å². The fraction of sp³-hybridized carbons (Fsp3) is 0.0870. The Morgan fingerprint density at radius 1 is 0.604 bits per heavy atom. The second-order valence-corrected chi connectivity index (χ2v) is 12.9. The average Bonchev–Trinajstić information content (AvgIpc) is 3.55. The summed E-state index contributed by atoms with van der Waals surface area (Å²) in [4.78, 5) is 0. The lowest BCUT2D eigenvalue weighted by molar-refractivity contribution is 0.595. The summed E-state index contributed by atoms with van der Waals surface area (Å²) in [6.45, 7) is 0. The summed E-state index contributed by atoms with van der Waals surface area (Å²) in [6.07, 6.45) is 14.4. The molecule has 0 saturated heterocycles. The summed E-state index contributed by atoms with van der Waals surface area (Å²) in [6, 6.07) is 48.1. The number of furan rings is 1. The van der Waals surface area contributed by atoms with Gasteiger partial charge in [0.1, 0.15) is 11.3 Å². The molecular weight excluding hydrogens is 583 g/mol. The first-order chi connectivity index (χ1) is 23.8. The van der Waals surface area contributed by atoms with Crippen LogP contribution in [0.3, 0.4) is 0 Å². The van der Waals surface area contributed by atoms with Crippen molar-refractivity contribution in [2.45, 2.75) is 25.2 Å². The van der Waals surface area contributed by atoms with Gasteiger partial charge in [-0.15, -0.1) is 0 Å². The zero-order chi connectivity index (χ0) is 31.9. The zero-order valence-corrected chi connectivity index (χ0v) is 26.7. The van der Waals surface area contributed by atoms with Crippen LogP contribution in [0.2, 0.25) is 0 Å². The normalized spacial score (nSPS) is 15.4. The highest BCUT2D eigenvalue weighted by Crippen LogP contribution is 2.41. The van der Waals surface area contributed by atoms with Crippen molar-refractivity contribution in [3.05, 3.63) is 180 Å². The van der Waals surface area contributed by atoms with Crippen LogP contribution in [0.5, 0.6) is 0 Å². The van der Waals surface area contributed by atoms with Crippen molar-refractivity contribution in [1.29, 1.82) is 0 Å². The first-order valence-corrected chi connectivity index (χ1v) is 16.9. The molecule has 1 aromatic heterocycles. The van der Waals surface area contributed by atoms with Gasteiger partial charge in [-0.1, -0.05) is 127 Å². The third-order valence-corrected chi connectivity index (χ3v) is 9.90. The maximum absolute atomic E-state index is 6.24. The fourth-order valence-corrected chi connectivity index (χ4v) is 7.39. The molecule has 0 bridgehead atoms. The highest BCUT2D eigenvalue weighted by Gasteiger charge is 2.20. The Kier molecular flexibility index (Phi) is 7.13. The number of hydrogen-bond acceptors (Lipinski definition) is 2. The van der Waals surface area contributed by atoms with Crippen molar-refractivity contribution < 1.29 is 4.42 Å². The van der Waals surface area contributed by atoms with Gasteiger partial charge in [-0.2, -0.15) is 0 Å². The molecule has 2 aliphatic rings. The Hall–Kier alpha value is -5.86. The van der Waals surface area contributed by atoms with E-state index in [9.17, 15) is 0 Å². The minimum atomic E-state index is 0.413. The molecule has 0 spiro atoms. The molecule has 1 N–H and O–H groups in total. The van der Waals surface area contributed by atoms with Crippen LogP contribution in [-0.4, -0.2) is 0 Å². The fourth-order valence-electron chi connectivity index (χ4n) is 7.39. The Morgan fingerprint density at radius 2 is 1.33 bits per heavy atom. The summed E-state index contributed by atoms with van der Waals surface area (Å²) in [5.74, 6) is 1.42. The van der Waals surface area contributed by atoms with Gasteiger partial charge in [0.15, 0.2) is 0 Å². The van der Waals surface area contributed by atoms with E-state index in [1.165, 1.54) is 60.7 Å². The summed E-state index contributed by atoms with van der Waals surface area (Å²) in [7, 11) is 0. The van der Waals surface area contributed by atoms with Gasteiger partial charge in [-0.05, 0) is 105 Å². The minimum Gasteiger partial charge on any atom is -0.456 e. The quantitative estimate of drug-likeness (QED) is 0.201. The molecular formula is C46H35NO. The van der Waals surface area contributed by atoms with Crippen molar-refractivity contribution >= 4 is 44.8 Å². The van der Waals surface area contributed by atoms with Crippen LogP contribution >= 0.6 is 0 Å².